The van der Waals surface area contributed by atoms with E-state index in [1.165, 1.54) is 0 Å². The van der Waals surface area contributed by atoms with Crippen LogP contribution in [0.5, 0.6) is 11.6 Å². The molecule has 3 heterocycles. The van der Waals surface area contributed by atoms with Gasteiger partial charge in [-0.05, 0) is 95.5 Å². The van der Waals surface area contributed by atoms with E-state index in [0.717, 1.165) is 59.8 Å². The van der Waals surface area contributed by atoms with Crippen LogP contribution in [0.1, 0.15) is 44.7 Å². The predicted octanol–water partition coefficient (Wildman–Crippen LogP) is 5.20. The highest BCUT2D eigenvalue weighted by atomic mass is 16.5. The van der Waals surface area contributed by atoms with Crippen LogP contribution in [0.25, 0.3) is 11.3 Å². The molecule has 0 aliphatic carbocycles. The van der Waals surface area contributed by atoms with Crippen molar-refractivity contribution in [2.75, 3.05) is 24.1 Å². The second kappa shape index (κ2) is 9.35. The summed E-state index contributed by atoms with van der Waals surface area (Å²) in [5, 5.41) is 3.55. The van der Waals surface area contributed by atoms with Crippen molar-refractivity contribution in [3.05, 3.63) is 53.9 Å². The number of anilines is 2. The molecule has 1 aliphatic rings. The fourth-order valence-electron chi connectivity index (χ4n) is 4.37. The maximum atomic E-state index is 6.27. The molecule has 1 aromatic carbocycles. The lowest BCUT2D eigenvalue weighted by Crippen LogP contribution is -2.50. The highest BCUT2D eigenvalue weighted by Crippen LogP contribution is 2.35. The molecule has 3 N–H and O–H groups in total. The van der Waals surface area contributed by atoms with E-state index >= 15 is 0 Å². The second-order valence-corrected chi connectivity index (χ2v) is 9.81. The molecule has 1 fully saturated rings. The summed E-state index contributed by atoms with van der Waals surface area (Å²) in [6.45, 7) is 12.9. The van der Waals surface area contributed by atoms with Gasteiger partial charge in [-0.15, -0.1) is 0 Å². The minimum Gasteiger partial charge on any atom is -0.438 e. The summed E-state index contributed by atoms with van der Waals surface area (Å²) in [6, 6.07) is 9.88. The largest absolute Gasteiger partial charge is 0.438 e. The number of aryl methyl sites for hydroxylation is 2. The Morgan fingerprint density at radius 2 is 1.85 bits per heavy atom. The molecule has 33 heavy (non-hydrogen) atoms. The highest BCUT2D eigenvalue weighted by molar-refractivity contribution is 5.66. The van der Waals surface area contributed by atoms with E-state index in [9.17, 15) is 0 Å². The number of aromatic nitrogens is 3. The Morgan fingerprint density at radius 3 is 2.58 bits per heavy atom. The van der Waals surface area contributed by atoms with Gasteiger partial charge in [0.15, 0.2) is 0 Å². The van der Waals surface area contributed by atoms with Crippen molar-refractivity contribution in [2.45, 2.75) is 59.0 Å². The zero-order chi connectivity index (χ0) is 23.6. The van der Waals surface area contributed by atoms with Gasteiger partial charge in [-0.2, -0.15) is 0 Å². The second-order valence-electron chi connectivity index (χ2n) is 9.81. The molecule has 0 amide bonds. The van der Waals surface area contributed by atoms with E-state index in [4.69, 9.17) is 15.5 Å². The molecule has 0 spiro atoms. The van der Waals surface area contributed by atoms with E-state index < -0.39 is 0 Å². The first-order valence-electron chi connectivity index (χ1n) is 11.6. The van der Waals surface area contributed by atoms with E-state index in [0.29, 0.717) is 17.9 Å². The lowest BCUT2D eigenvalue weighted by molar-refractivity contribution is 0.104. The highest BCUT2D eigenvalue weighted by Gasteiger charge is 2.28. The van der Waals surface area contributed by atoms with Crippen molar-refractivity contribution in [1.29, 1.82) is 0 Å². The van der Waals surface area contributed by atoms with Gasteiger partial charge in [-0.25, -0.2) is 15.0 Å². The van der Waals surface area contributed by atoms with Gasteiger partial charge in [0.25, 0.3) is 0 Å². The maximum absolute atomic E-state index is 6.27. The fraction of sp³-hybridized carbons (Fsp3) is 0.423. The minimum absolute atomic E-state index is 0.156. The molecule has 1 aliphatic heterocycles. The van der Waals surface area contributed by atoms with Crippen LogP contribution in [-0.2, 0) is 0 Å². The molecule has 7 heteroatoms. The summed E-state index contributed by atoms with van der Waals surface area (Å²) in [6.07, 6.45) is 5.78. The van der Waals surface area contributed by atoms with Crippen LogP contribution in [0.15, 0.2) is 42.7 Å². The third-order valence-electron chi connectivity index (χ3n) is 6.09. The molecule has 7 nitrogen and oxygen atoms in total. The fourth-order valence-corrected chi connectivity index (χ4v) is 4.37. The molecule has 174 valence electrons. The summed E-state index contributed by atoms with van der Waals surface area (Å²) in [5.41, 5.74) is 10.4. The SMILES string of the molecule is Cc1cc(N)cc(C)c1Oc1ncccc1-c1ccnc(NC2CCCN(C(C)(C)C)C2)n1. The van der Waals surface area contributed by atoms with Crippen LogP contribution in [0.3, 0.4) is 0 Å². The Morgan fingerprint density at radius 1 is 1.09 bits per heavy atom. The van der Waals surface area contributed by atoms with Crippen LogP contribution in [0, 0.1) is 13.8 Å². The Bertz CT molecular complexity index is 1100. The third kappa shape index (κ3) is 5.42. The van der Waals surface area contributed by atoms with Crippen molar-refractivity contribution < 1.29 is 4.74 Å². The number of benzene rings is 1. The first-order valence-corrected chi connectivity index (χ1v) is 11.6. The number of hydrogen-bond acceptors (Lipinski definition) is 7. The van der Waals surface area contributed by atoms with Crippen molar-refractivity contribution in [1.82, 2.24) is 19.9 Å². The zero-order valence-corrected chi connectivity index (χ0v) is 20.2. The number of likely N-dealkylation sites (tertiary alicyclic amines) is 1. The van der Waals surface area contributed by atoms with E-state index in [2.05, 4.69) is 41.0 Å². The van der Waals surface area contributed by atoms with Gasteiger partial charge in [0, 0.05) is 36.2 Å². The number of pyridine rings is 1. The molecule has 3 aromatic rings. The Hall–Kier alpha value is -3.19. The number of ether oxygens (including phenoxy) is 1. The predicted molar refractivity (Wildman–Crippen MR) is 134 cm³/mol. The normalized spacial score (nSPS) is 17.1. The summed E-state index contributed by atoms with van der Waals surface area (Å²) in [4.78, 5) is 16.3. The quantitative estimate of drug-likeness (QED) is 0.520. The Balaban J connectivity index is 1.57. The van der Waals surface area contributed by atoms with Gasteiger partial charge in [0.1, 0.15) is 5.75 Å². The van der Waals surface area contributed by atoms with Gasteiger partial charge in [-0.1, -0.05) is 0 Å². The van der Waals surface area contributed by atoms with Gasteiger partial charge in [0.2, 0.25) is 11.8 Å². The van der Waals surface area contributed by atoms with Gasteiger partial charge in [-0.3, -0.25) is 4.90 Å². The number of rotatable bonds is 5. The Kier molecular flexibility index (Phi) is 6.51. The number of nitrogens with one attached hydrogen (secondary N) is 1. The van der Waals surface area contributed by atoms with Gasteiger partial charge < -0.3 is 15.8 Å². The minimum atomic E-state index is 0.156. The average molecular weight is 447 g/mol. The lowest BCUT2D eigenvalue weighted by atomic mass is 9.98. The molecule has 0 bridgehead atoms. The molecule has 0 saturated carbocycles. The number of hydrogen-bond donors (Lipinski definition) is 2. The standard InChI is InChI=1S/C26H34N6O/c1-17-14-19(27)15-18(2)23(17)33-24-21(9-6-11-28-24)22-10-12-29-25(31-22)30-20-8-7-13-32(16-20)26(3,4)5/h6,9-12,14-15,20H,7-8,13,16,27H2,1-5H3,(H,29,30,31). The van der Waals surface area contributed by atoms with E-state index in [-0.39, 0.29) is 5.54 Å². The maximum Gasteiger partial charge on any atom is 0.228 e. The molecule has 1 unspecified atom stereocenters. The van der Waals surface area contributed by atoms with Crippen molar-refractivity contribution in [2.24, 2.45) is 0 Å². The van der Waals surface area contributed by atoms with Crippen molar-refractivity contribution in [3.63, 3.8) is 0 Å². The topological polar surface area (TPSA) is 89.2 Å². The summed E-state index contributed by atoms with van der Waals surface area (Å²) in [5.74, 6) is 1.90. The monoisotopic (exact) mass is 446 g/mol. The van der Waals surface area contributed by atoms with Crippen LogP contribution >= 0.6 is 0 Å². The molecular weight excluding hydrogens is 412 g/mol. The lowest BCUT2D eigenvalue weighted by Gasteiger charge is -2.41. The molecule has 0 radical (unpaired) electrons. The smallest absolute Gasteiger partial charge is 0.228 e. The van der Waals surface area contributed by atoms with Crippen molar-refractivity contribution >= 4 is 11.6 Å². The number of piperidine rings is 1. The number of nitrogen functional groups attached to an aromatic ring is 1. The number of nitrogens with zero attached hydrogens (tertiary/aromatic N) is 4. The third-order valence-corrected chi connectivity index (χ3v) is 6.09. The summed E-state index contributed by atoms with van der Waals surface area (Å²) in [7, 11) is 0. The average Bonchev–Trinajstić information content (AvgIpc) is 2.76. The molecule has 1 atom stereocenters. The van der Waals surface area contributed by atoms with Crippen LogP contribution in [-0.4, -0.2) is 44.5 Å². The van der Waals surface area contributed by atoms with E-state index in [1.54, 1.807) is 12.4 Å². The van der Waals surface area contributed by atoms with Crippen LogP contribution in [0.4, 0.5) is 11.6 Å². The van der Waals surface area contributed by atoms with Crippen LogP contribution in [0.2, 0.25) is 0 Å². The first kappa shape index (κ1) is 23.0. The summed E-state index contributed by atoms with van der Waals surface area (Å²) < 4.78 is 6.27. The molecule has 2 aromatic heterocycles. The first-order chi connectivity index (χ1) is 15.7. The van der Waals surface area contributed by atoms with Crippen molar-refractivity contribution in [3.8, 4) is 22.9 Å². The zero-order valence-electron chi connectivity index (χ0n) is 20.2. The van der Waals surface area contributed by atoms with Crippen LogP contribution < -0.4 is 15.8 Å². The van der Waals surface area contributed by atoms with E-state index in [1.807, 2.05) is 44.2 Å². The summed E-state index contributed by atoms with van der Waals surface area (Å²) >= 11 is 0. The van der Waals surface area contributed by atoms with Gasteiger partial charge in [0.05, 0.1) is 11.3 Å². The molecule has 1 saturated heterocycles. The molecule has 4 rings (SSSR count). The number of nitrogens with two attached hydrogens (primary N) is 1. The molecular formula is C26H34N6O. The Labute approximate surface area is 196 Å². The van der Waals surface area contributed by atoms with Gasteiger partial charge >= 0.3 is 0 Å².